The minimum atomic E-state index is -0.0438. The summed E-state index contributed by atoms with van der Waals surface area (Å²) < 4.78 is 0. The van der Waals surface area contributed by atoms with Crippen LogP contribution in [0.2, 0.25) is 0 Å². The lowest BCUT2D eigenvalue weighted by atomic mass is 9.98. The molecule has 1 fully saturated rings. The standard InChI is InChI=1S/C15H19NO2/c1-3-12-5-7-13(8-6-12)10-16-14(17)9-4-11(2)15(16)18/h5-8,11H,3-4,9-10H2,1-2H3. The van der Waals surface area contributed by atoms with E-state index >= 15 is 0 Å². The zero-order chi connectivity index (χ0) is 13.1. The van der Waals surface area contributed by atoms with Gasteiger partial charge in [-0.1, -0.05) is 38.1 Å². The van der Waals surface area contributed by atoms with Gasteiger partial charge in [-0.2, -0.15) is 0 Å². The first-order valence-electron chi connectivity index (χ1n) is 6.54. The summed E-state index contributed by atoms with van der Waals surface area (Å²) in [6, 6.07) is 8.10. The fourth-order valence-electron chi connectivity index (χ4n) is 2.22. The molecule has 1 atom stereocenters. The maximum Gasteiger partial charge on any atom is 0.232 e. The van der Waals surface area contributed by atoms with Gasteiger partial charge in [0, 0.05) is 12.3 Å². The lowest BCUT2D eigenvalue weighted by Crippen LogP contribution is -2.43. The average Bonchev–Trinajstić information content (AvgIpc) is 2.40. The summed E-state index contributed by atoms with van der Waals surface area (Å²) >= 11 is 0. The van der Waals surface area contributed by atoms with Gasteiger partial charge in [-0.15, -0.1) is 0 Å². The number of amides is 2. The van der Waals surface area contributed by atoms with Gasteiger partial charge in [0.05, 0.1) is 6.54 Å². The number of rotatable bonds is 3. The summed E-state index contributed by atoms with van der Waals surface area (Å²) in [5.74, 6) is -0.110. The highest BCUT2D eigenvalue weighted by Crippen LogP contribution is 2.20. The second kappa shape index (κ2) is 5.34. The number of imide groups is 1. The highest BCUT2D eigenvalue weighted by Gasteiger charge is 2.31. The number of carbonyl (C=O) groups excluding carboxylic acids is 2. The van der Waals surface area contributed by atoms with Crippen molar-refractivity contribution in [2.45, 2.75) is 39.7 Å². The summed E-state index contributed by atoms with van der Waals surface area (Å²) in [4.78, 5) is 25.1. The van der Waals surface area contributed by atoms with E-state index < -0.39 is 0 Å². The summed E-state index contributed by atoms with van der Waals surface area (Å²) in [5, 5.41) is 0. The van der Waals surface area contributed by atoms with Gasteiger partial charge in [0.1, 0.15) is 0 Å². The molecule has 0 bridgehead atoms. The molecule has 1 saturated heterocycles. The van der Waals surface area contributed by atoms with Crippen molar-refractivity contribution >= 4 is 11.8 Å². The SMILES string of the molecule is CCc1ccc(CN2C(=O)CCC(C)C2=O)cc1. The van der Waals surface area contributed by atoms with Crippen molar-refractivity contribution in [2.75, 3.05) is 0 Å². The molecular formula is C15H19NO2. The third-order valence-electron chi connectivity index (χ3n) is 3.55. The van der Waals surface area contributed by atoms with Crippen LogP contribution in [-0.4, -0.2) is 16.7 Å². The molecule has 2 amide bonds. The van der Waals surface area contributed by atoms with Gasteiger partial charge in [0.25, 0.3) is 0 Å². The number of hydrogen-bond donors (Lipinski definition) is 0. The summed E-state index contributed by atoms with van der Waals surface area (Å²) in [5.41, 5.74) is 2.28. The second-order valence-corrected chi connectivity index (χ2v) is 4.93. The molecular weight excluding hydrogens is 226 g/mol. The van der Waals surface area contributed by atoms with Crippen LogP contribution in [0, 0.1) is 5.92 Å². The normalized spacial score (nSPS) is 20.3. The Labute approximate surface area is 108 Å². The summed E-state index contributed by atoms with van der Waals surface area (Å²) in [7, 11) is 0. The smallest absolute Gasteiger partial charge is 0.232 e. The predicted molar refractivity (Wildman–Crippen MR) is 69.8 cm³/mol. The van der Waals surface area contributed by atoms with Crippen molar-refractivity contribution in [1.82, 2.24) is 4.90 Å². The van der Waals surface area contributed by atoms with E-state index in [0.29, 0.717) is 19.4 Å². The Morgan fingerprint density at radius 2 is 1.78 bits per heavy atom. The lowest BCUT2D eigenvalue weighted by Gasteiger charge is -2.28. The minimum Gasteiger partial charge on any atom is -0.278 e. The van der Waals surface area contributed by atoms with Gasteiger partial charge in [-0.25, -0.2) is 0 Å². The predicted octanol–water partition coefficient (Wildman–Crippen LogP) is 2.53. The van der Waals surface area contributed by atoms with Crippen LogP contribution >= 0.6 is 0 Å². The molecule has 0 aromatic heterocycles. The van der Waals surface area contributed by atoms with E-state index in [9.17, 15) is 9.59 Å². The topological polar surface area (TPSA) is 37.4 Å². The Bertz CT molecular complexity index is 450. The van der Waals surface area contributed by atoms with Gasteiger partial charge in [-0.05, 0) is 24.0 Å². The van der Waals surface area contributed by atoms with Crippen molar-refractivity contribution in [3.63, 3.8) is 0 Å². The zero-order valence-electron chi connectivity index (χ0n) is 11.0. The molecule has 3 nitrogen and oxygen atoms in total. The number of benzene rings is 1. The van der Waals surface area contributed by atoms with Crippen LogP contribution < -0.4 is 0 Å². The Morgan fingerprint density at radius 3 is 2.39 bits per heavy atom. The van der Waals surface area contributed by atoms with Crippen molar-refractivity contribution < 1.29 is 9.59 Å². The van der Waals surface area contributed by atoms with Crippen LogP contribution in [0.5, 0.6) is 0 Å². The maximum absolute atomic E-state index is 12.0. The van der Waals surface area contributed by atoms with Crippen LogP contribution in [-0.2, 0) is 22.6 Å². The van der Waals surface area contributed by atoms with Crippen LogP contribution in [0.4, 0.5) is 0 Å². The molecule has 1 aliphatic rings. The first kappa shape index (κ1) is 12.8. The molecule has 1 aromatic rings. The van der Waals surface area contributed by atoms with Crippen molar-refractivity contribution in [2.24, 2.45) is 5.92 Å². The van der Waals surface area contributed by atoms with Gasteiger partial charge >= 0.3 is 0 Å². The monoisotopic (exact) mass is 245 g/mol. The highest BCUT2D eigenvalue weighted by atomic mass is 16.2. The molecule has 3 heteroatoms. The Hall–Kier alpha value is -1.64. The minimum absolute atomic E-state index is 0.0300. The van der Waals surface area contributed by atoms with E-state index in [1.165, 1.54) is 10.5 Å². The molecule has 0 radical (unpaired) electrons. The third-order valence-corrected chi connectivity index (χ3v) is 3.55. The number of aryl methyl sites for hydroxylation is 1. The zero-order valence-corrected chi connectivity index (χ0v) is 11.0. The molecule has 1 aromatic carbocycles. The molecule has 2 rings (SSSR count). The van der Waals surface area contributed by atoms with Crippen molar-refractivity contribution in [3.8, 4) is 0 Å². The van der Waals surface area contributed by atoms with E-state index in [1.54, 1.807) is 0 Å². The van der Waals surface area contributed by atoms with E-state index in [-0.39, 0.29) is 17.7 Å². The van der Waals surface area contributed by atoms with Gasteiger partial charge in [0.2, 0.25) is 11.8 Å². The van der Waals surface area contributed by atoms with Gasteiger partial charge in [-0.3, -0.25) is 14.5 Å². The van der Waals surface area contributed by atoms with Crippen molar-refractivity contribution in [1.29, 1.82) is 0 Å². The number of hydrogen-bond acceptors (Lipinski definition) is 2. The molecule has 1 unspecified atom stereocenters. The van der Waals surface area contributed by atoms with Gasteiger partial charge < -0.3 is 0 Å². The third kappa shape index (κ3) is 2.61. The molecule has 1 heterocycles. The summed E-state index contributed by atoms with van der Waals surface area (Å²) in [6.45, 7) is 4.41. The number of piperidine rings is 1. The van der Waals surface area contributed by atoms with E-state index in [0.717, 1.165) is 12.0 Å². The highest BCUT2D eigenvalue weighted by molar-refractivity contribution is 5.98. The molecule has 96 valence electrons. The van der Waals surface area contributed by atoms with Crippen LogP contribution in [0.25, 0.3) is 0 Å². The molecule has 1 aliphatic heterocycles. The van der Waals surface area contributed by atoms with Crippen molar-refractivity contribution in [3.05, 3.63) is 35.4 Å². The fraction of sp³-hybridized carbons (Fsp3) is 0.467. The lowest BCUT2D eigenvalue weighted by molar-refractivity contribution is -0.152. The Morgan fingerprint density at radius 1 is 1.17 bits per heavy atom. The largest absolute Gasteiger partial charge is 0.278 e. The Kier molecular flexibility index (Phi) is 3.80. The molecule has 0 aliphatic carbocycles. The van der Waals surface area contributed by atoms with E-state index in [1.807, 2.05) is 19.1 Å². The maximum atomic E-state index is 12.0. The first-order valence-corrected chi connectivity index (χ1v) is 6.54. The quantitative estimate of drug-likeness (QED) is 0.767. The van der Waals surface area contributed by atoms with E-state index in [4.69, 9.17) is 0 Å². The van der Waals surface area contributed by atoms with Crippen LogP contribution in [0.3, 0.4) is 0 Å². The number of nitrogens with zero attached hydrogens (tertiary/aromatic N) is 1. The number of carbonyl (C=O) groups is 2. The Balaban J connectivity index is 2.11. The average molecular weight is 245 g/mol. The number of likely N-dealkylation sites (tertiary alicyclic amines) is 1. The first-order chi connectivity index (χ1) is 8.61. The molecule has 0 saturated carbocycles. The van der Waals surface area contributed by atoms with E-state index in [2.05, 4.69) is 19.1 Å². The van der Waals surface area contributed by atoms with Crippen LogP contribution in [0.15, 0.2) is 24.3 Å². The van der Waals surface area contributed by atoms with Crippen LogP contribution in [0.1, 0.15) is 37.8 Å². The van der Waals surface area contributed by atoms with Gasteiger partial charge in [0.15, 0.2) is 0 Å². The summed E-state index contributed by atoms with van der Waals surface area (Å²) in [6.07, 6.45) is 2.17. The molecule has 18 heavy (non-hydrogen) atoms. The molecule has 0 spiro atoms. The molecule has 0 N–H and O–H groups in total. The second-order valence-electron chi connectivity index (χ2n) is 4.93. The fourth-order valence-corrected chi connectivity index (χ4v) is 2.22.